The average molecular weight is 368 g/mol. The van der Waals surface area contributed by atoms with E-state index in [9.17, 15) is 9.59 Å². The van der Waals surface area contributed by atoms with Crippen LogP contribution in [0.1, 0.15) is 5.76 Å². The predicted molar refractivity (Wildman–Crippen MR) is 97.3 cm³/mol. The molecule has 1 aromatic heterocycles. The number of hydrogen-bond donors (Lipinski definition) is 0. The lowest BCUT2D eigenvalue weighted by Gasteiger charge is -2.36. The molecule has 140 valence electrons. The average Bonchev–Trinajstić information content (AvgIpc) is 3.25. The molecule has 1 saturated heterocycles. The third kappa shape index (κ3) is 3.81. The van der Waals surface area contributed by atoms with Gasteiger partial charge in [-0.1, -0.05) is 12.1 Å². The van der Waals surface area contributed by atoms with Crippen LogP contribution in [0.3, 0.4) is 0 Å². The minimum atomic E-state index is -0.652. The number of piperazine rings is 1. The zero-order valence-corrected chi connectivity index (χ0v) is 14.7. The molecule has 2 aromatic rings. The molecule has 1 aromatic carbocycles. The summed E-state index contributed by atoms with van der Waals surface area (Å²) >= 11 is 0. The molecule has 7 nitrogen and oxygen atoms in total. The van der Waals surface area contributed by atoms with Crippen LogP contribution in [0.2, 0.25) is 0 Å². The smallest absolute Gasteiger partial charge is 0.267 e. The number of carbonyl (C=O) groups is 2. The Morgan fingerprint density at radius 1 is 0.963 bits per heavy atom. The summed E-state index contributed by atoms with van der Waals surface area (Å²) in [6.07, 6.45) is 4.04. The Morgan fingerprint density at radius 2 is 1.70 bits per heavy atom. The van der Waals surface area contributed by atoms with E-state index in [-0.39, 0.29) is 18.4 Å². The maximum Gasteiger partial charge on any atom is 0.267 e. The van der Waals surface area contributed by atoms with Crippen molar-refractivity contribution in [2.45, 2.75) is 6.10 Å². The molecule has 0 N–H and O–H groups in total. The maximum atomic E-state index is 12.7. The molecule has 2 aliphatic heterocycles. The lowest BCUT2D eigenvalue weighted by molar-refractivity contribution is -0.145. The van der Waals surface area contributed by atoms with Gasteiger partial charge in [0.05, 0.1) is 6.26 Å². The summed E-state index contributed by atoms with van der Waals surface area (Å²) in [7, 11) is 0. The standard InChI is InChI=1S/C20H20N2O5/c23-19(8-7-15-4-3-13-25-15)21-9-11-22(12-10-21)20(24)18-14-26-16-5-1-2-6-17(16)27-18/h1-8,13,18H,9-12,14H2/b8-7+. The van der Waals surface area contributed by atoms with Crippen molar-refractivity contribution >= 4 is 17.9 Å². The SMILES string of the molecule is O=C(/C=C/c1ccco1)N1CCN(C(=O)C2COc3ccccc3O2)CC1. The van der Waals surface area contributed by atoms with Crippen LogP contribution >= 0.6 is 0 Å². The molecule has 2 amide bonds. The van der Waals surface area contributed by atoms with E-state index in [1.165, 1.54) is 6.08 Å². The Morgan fingerprint density at radius 3 is 2.44 bits per heavy atom. The van der Waals surface area contributed by atoms with E-state index in [1.807, 2.05) is 18.2 Å². The van der Waals surface area contributed by atoms with Gasteiger partial charge in [0, 0.05) is 32.3 Å². The molecule has 0 bridgehead atoms. The third-order valence-corrected chi connectivity index (χ3v) is 4.62. The van der Waals surface area contributed by atoms with E-state index in [0.29, 0.717) is 43.4 Å². The van der Waals surface area contributed by atoms with Gasteiger partial charge in [0.1, 0.15) is 12.4 Å². The van der Waals surface area contributed by atoms with E-state index in [0.717, 1.165) is 0 Å². The largest absolute Gasteiger partial charge is 0.485 e. The number of rotatable bonds is 3. The molecule has 2 aliphatic rings. The van der Waals surface area contributed by atoms with Gasteiger partial charge < -0.3 is 23.7 Å². The molecular weight excluding hydrogens is 348 g/mol. The molecule has 0 spiro atoms. The van der Waals surface area contributed by atoms with Gasteiger partial charge in [-0.2, -0.15) is 0 Å². The molecule has 3 heterocycles. The molecule has 7 heteroatoms. The molecule has 0 radical (unpaired) electrons. The fourth-order valence-corrected chi connectivity index (χ4v) is 3.14. The number of hydrogen-bond acceptors (Lipinski definition) is 5. The monoisotopic (exact) mass is 368 g/mol. The Kier molecular flexibility index (Phi) is 4.82. The van der Waals surface area contributed by atoms with E-state index < -0.39 is 6.10 Å². The van der Waals surface area contributed by atoms with Crippen molar-refractivity contribution < 1.29 is 23.5 Å². The van der Waals surface area contributed by atoms with Crippen LogP contribution in [0.25, 0.3) is 6.08 Å². The number of para-hydroxylation sites is 2. The Bertz CT molecular complexity index is 838. The van der Waals surface area contributed by atoms with Crippen LogP contribution in [0, 0.1) is 0 Å². The van der Waals surface area contributed by atoms with Crippen molar-refractivity contribution in [3.63, 3.8) is 0 Å². The van der Waals surface area contributed by atoms with Crippen LogP contribution in [0.15, 0.2) is 53.2 Å². The first-order valence-corrected chi connectivity index (χ1v) is 8.88. The minimum Gasteiger partial charge on any atom is -0.485 e. The number of furan rings is 1. The molecular formula is C20H20N2O5. The van der Waals surface area contributed by atoms with Gasteiger partial charge in [-0.05, 0) is 30.3 Å². The molecule has 27 heavy (non-hydrogen) atoms. The summed E-state index contributed by atoms with van der Waals surface area (Å²) in [6, 6.07) is 10.9. The highest BCUT2D eigenvalue weighted by molar-refractivity contribution is 5.91. The van der Waals surface area contributed by atoms with Gasteiger partial charge in [-0.25, -0.2) is 0 Å². The van der Waals surface area contributed by atoms with Crippen molar-refractivity contribution in [3.8, 4) is 11.5 Å². The quantitative estimate of drug-likeness (QED) is 0.773. The maximum absolute atomic E-state index is 12.7. The van der Waals surface area contributed by atoms with Crippen molar-refractivity contribution in [3.05, 3.63) is 54.5 Å². The summed E-state index contributed by atoms with van der Waals surface area (Å²) in [5, 5.41) is 0. The van der Waals surface area contributed by atoms with Crippen molar-refractivity contribution in [1.82, 2.24) is 9.80 Å². The van der Waals surface area contributed by atoms with Gasteiger partial charge in [0.25, 0.3) is 5.91 Å². The van der Waals surface area contributed by atoms with Gasteiger partial charge in [-0.15, -0.1) is 0 Å². The van der Waals surface area contributed by atoms with Crippen LogP contribution < -0.4 is 9.47 Å². The molecule has 0 aliphatic carbocycles. The second-order valence-corrected chi connectivity index (χ2v) is 6.36. The van der Waals surface area contributed by atoms with Crippen molar-refractivity contribution in [2.75, 3.05) is 32.8 Å². The highest BCUT2D eigenvalue weighted by Crippen LogP contribution is 2.31. The van der Waals surface area contributed by atoms with Crippen molar-refractivity contribution in [2.24, 2.45) is 0 Å². The molecule has 0 saturated carbocycles. The first-order chi connectivity index (χ1) is 13.2. The Labute approximate surface area is 156 Å². The van der Waals surface area contributed by atoms with Gasteiger partial charge in [0.15, 0.2) is 11.5 Å². The summed E-state index contributed by atoms with van der Waals surface area (Å²) in [5.74, 6) is 1.67. The summed E-state index contributed by atoms with van der Waals surface area (Å²) in [6.45, 7) is 2.11. The van der Waals surface area contributed by atoms with Crippen LogP contribution in [-0.2, 0) is 9.59 Å². The number of ether oxygens (including phenoxy) is 2. The third-order valence-electron chi connectivity index (χ3n) is 4.62. The summed E-state index contributed by atoms with van der Waals surface area (Å²) in [4.78, 5) is 28.4. The molecule has 1 atom stereocenters. The molecule has 4 rings (SSSR count). The van der Waals surface area contributed by atoms with E-state index in [2.05, 4.69) is 0 Å². The van der Waals surface area contributed by atoms with Crippen LogP contribution in [0.4, 0.5) is 0 Å². The molecule has 1 unspecified atom stereocenters. The number of amides is 2. The van der Waals surface area contributed by atoms with E-state index >= 15 is 0 Å². The lowest BCUT2D eigenvalue weighted by Crippen LogP contribution is -2.54. The summed E-state index contributed by atoms with van der Waals surface area (Å²) in [5.41, 5.74) is 0. The van der Waals surface area contributed by atoms with Crippen LogP contribution in [-0.4, -0.2) is 60.5 Å². The number of nitrogens with zero attached hydrogens (tertiary/aromatic N) is 2. The Balaban J connectivity index is 1.30. The molecule has 1 fully saturated rings. The normalized spacial score (nSPS) is 19.3. The van der Waals surface area contributed by atoms with Gasteiger partial charge >= 0.3 is 0 Å². The lowest BCUT2D eigenvalue weighted by atomic mass is 10.2. The van der Waals surface area contributed by atoms with E-state index in [1.54, 1.807) is 40.3 Å². The first kappa shape index (κ1) is 17.2. The van der Waals surface area contributed by atoms with E-state index in [4.69, 9.17) is 13.9 Å². The topological polar surface area (TPSA) is 72.2 Å². The second kappa shape index (κ2) is 7.57. The fraction of sp³-hybridized carbons (Fsp3) is 0.300. The zero-order valence-electron chi connectivity index (χ0n) is 14.7. The number of carbonyl (C=O) groups excluding carboxylic acids is 2. The Hall–Kier alpha value is -3.22. The second-order valence-electron chi connectivity index (χ2n) is 6.36. The first-order valence-electron chi connectivity index (χ1n) is 8.88. The van der Waals surface area contributed by atoms with Gasteiger partial charge in [-0.3, -0.25) is 9.59 Å². The fourth-order valence-electron chi connectivity index (χ4n) is 3.14. The highest BCUT2D eigenvalue weighted by atomic mass is 16.6. The number of fused-ring (bicyclic) bond motifs is 1. The summed E-state index contributed by atoms with van der Waals surface area (Å²) < 4.78 is 16.6. The van der Waals surface area contributed by atoms with Crippen LogP contribution in [0.5, 0.6) is 11.5 Å². The highest BCUT2D eigenvalue weighted by Gasteiger charge is 2.33. The predicted octanol–water partition coefficient (Wildman–Crippen LogP) is 1.80. The number of benzene rings is 1. The zero-order chi connectivity index (χ0) is 18.6. The van der Waals surface area contributed by atoms with Crippen molar-refractivity contribution in [1.29, 1.82) is 0 Å². The van der Waals surface area contributed by atoms with Gasteiger partial charge in [0.2, 0.25) is 12.0 Å². The minimum absolute atomic E-state index is 0.0929.